The van der Waals surface area contributed by atoms with Crippen LogP contribution in [0.15, 0.2) is 115 Å². The first kappa shape index (κ1) is 24.7. The van der Waals surface area contributed by atoms with Crippen molar-refractivity contribution >= 4 is 89.3 Å². The maximum atomic E-state index is 2.67. The van der Waals surface area contributed by atoms with E-state index >= 15 is 0 Å². The highest BCUT2D eigenvalue weighted by Gasteiger charge is 2.59. The topological polar surface area (TPSA) is 13.0 Å². The van der Waals surface area contributed by atoms with E-state index in [1.807, 2.05) is 11.3 Å². The molecule has 0 fully saturated rings. The molecule has 6 aromatic rings. The molecule has 4 nitrogen and oxygen atoms in total. The molecular formula is C38H31BN4S. The van der Waals surface area contributed by atoms with E-state index in [9.17, 15) is 0 Å². The van der Waals surface area contributed by atoms with Crippen molar-refractivity contribution in [2.45, 2.75) is 39.0 Å². The van der Waals surface area contributed by atoms with Crippen molar-refractivity contribution < 1.29 is 0 Å². The average molecular weight is 587 g/mol. The quantitative estimate of drug-likeness (QED) is 0.190. The van der Waals surface area contributed by atoms with Crippen LogP contribution in [0.1, 0.15) is 27.7 Å². The van der Waals surface area contributed by atoms with Crippen molar-refractivity contribution in [3.63, 3.8) is 0 Å². The Morgan fingerprint density at radius 2 is 1.07 bits per heavy atom. The molecule has 0 N–H and O–H groups in total. The lowest BCUT2D eigenvalue weighted by atomic mass is 9.33. The van der Waals surface area contributed by atoms with Crippen molar-refractivity contribution in [1.82, 2.24) is 0 Å². The molecular weight excluding hydrogens is 555 g/mol. The summed E-state index contributed by atoms with van der Waals surface area (Å²) in [7, 11) is 0. The number of hydrogen-bond donors (Lipinski definition) is 0. The lowest BCUT2D eigenvalue weighted by Crippen LogP contribution is -2.64. The number of nitrogens with zero attached hydrogens (tertiary/aromatic N) is 4. The fraction of sp³-hybridized carbons (Fsp3) is 0.158. The molecule has 1 aromatic heterocycles. The number of para-hydroxylation sites is 3. The molecule has 0 saturated carbocycles. The van der Waals surface area contributed by atoms with Crippen LogP contribution in [0.5, 0.6) is 0 Å². The van der Waals surface area contributed by atoms with Gasteiger partial charge in [-0.1, -0.05) is 72.8 Å². The van der Waals surface area contributed by atoms with Crippen molar-refractivity contribution in [2.75, 3.05) is 19.6 Å². The third-order valence-electron chi connectivity index (χ3n) is 10.3. The fourth-order valence-corrected chi connectivity index (χ4v) is 10.2. The molecule has 212 valence electrons. The lowest BCUT2D eigenvalue weighted by Gasteiger charge is -2.47. The van der Waals surface area contributed by atoms with Gasteiger partial charge in [0.15, 0.2) is 0 Å². The average Bonchev–Trinajstić information content (AvgIpc) is 3.61. The number of hydrogen-bond acceptors (Lipinski definition) is 5. The molecule has 0 aliphatic carbocycles. The summed E-state index contributed by atoms with van der Waals surface area (Å²) in [5.41, 5.74) is 12.6. The largest absolute Gasteiger partial charge is 0.317 e. The van der Waals surface area contributed by atoms with Crippen LogP contribution < -0.4 is 36.0 Å². The van der Waals surface area contributed by atoms with Gasteiger partial charge in [0, 0.05) is 21.8 Å². The van der Waals surface area contributed by atoms with Crippen LogP contribution in [0.4, 0.5) is 44.8 Å². The zero-order valence-electron chi connectivity index (χ0n) is 25.2. The Kier molecular flexibility index (Phi) is 4.54. The van der Waals surface area contributed by atoms with E-state index in [-0.39, 0.29) is 18.0 Å². The molecule has 4 aliphatic rings. The zero-order chi connectivity index (χ0) is 29.5. The first-order valence-electron chi connectivity index (χ1n) is 15.5. The maximum Gasteiger partial charge on any atom is 0.254 e. The Balaban J connectivity index is 1.40. The molecule has 4 aliphatic heterocycles. The number of anilines is 8. The van der Waals surface area contributed by atoms with E-state index in [1.165, 1.54) is 71.3 Å². The maximum absolute atomic E-state index is 2.67. The predicted octanol–water partition coefficient (Wildman–Crippen LogP) is 8.10. The van der Waals surface area contributed by atoms with E-state index in [0.717, 1.165) is 0 Å². The minimum atomic E-state index is -0.329. The fourth-order valence-electron chi connectivity index (χ4n) is 8.79. The Bertz CT molecular complexity index is 2170. The number of rotatable bonds is 2. The molecule has 0 atom stereocenters. The number of thiophene rings is 1. The highest BCUT2D eigenvalue weighted by atomic mass is 32.1. The Labute approximate surface area is 262 Å². The van der Waals surface area contributed by atoms with Crippen LogP contribution in [0.3, 0.4) is 0 Å². The summed E-state index contributed by atoms with van der Waals surface area (Å²) >= 11 is 1.95. The van der Waals surface area contributed by atoms with Gasteiger partial charge in [-0.15, -0.1) is 11.3 Å². The van der Waals surface area contributed by atoms with Crippen LogP contribution in [-0.4, -0.2) is 18.0 Å². The van der Waals surface area contributed by atoms with Crippen molar-refractivity contribution in [3.05, 3.63) is 115 Å². The molecule has 44 heavy (non-hydrogen) atoms. The zero-order valence-corrected chi connectivity index (χ0v) is 26.1. The van der Waals surface area contributed by atoms with Crippen LogP contribution in [0, 0.1) is 0 Å². The van der Waals surface area contributed by atoms with Crippen LogP contribution in [0.25, 0.3) is 10.1 Å². The van der Waals surface area contributed by atoms with Crippen LogP contribution >= 0.6 is 11.3 Å². The highest BCUT2D eigenvalue weighted by Crippen LogP contribution is 2.62. The Hall–Kier alpha value is -4.68. The summed E-state index contributed by atoms with van der Waals surface area (Å²) < 4.78 is 1.35. The first-order chi connectivity index (χ1) is 21.4. The van der Waals surface area contributed by atoms with E-state index in [2.05, 4.69) is 163 Å². The van der Waals surface area contributed by atoms with E-state index < -0.39 is 0 Å². The summed E-state index contributed by atoms with van der Waals surface area (Å²) in [6.07, 6.45) is 0. The summed E-state index contributed by atoms with van der Waals surface area (Å²) in [5.74, 6) is 0. The third-order valence-corrected chi connectivity index (χ3v) is 11.5. The second kappa shape index (κ2) is 8.07. The number of fused-ring (bicyclic) bond motifs is 8. The van der Waals surface area contributed by atoms with Gasteiger partial charge in [0.25, 0.3) is 6.71 Å². The van der Waals surface area contributed by atoms with E-state index in [0.29, 0.717) is 0 Å². The molecule has 0 bridgehead atoms. The third kappa shape index (κ3) is 2.77. The van der Waals surface area contributed by atoms with Crippen LogP contribution in [-0.2, 0) is 0 Å². The van der Waals surface area contributed by atoms with Gasteiger partial charge < -0.3 is 19.6 Å². The van der Waals surface area contributed by atoms with Gasteiger partial charge in [-0.3, -0.25) is 0 Å². The Morgan fingerprint density at radius 1 is 0.523 bits per heavy atom. The summed E-state index contributed by atoms with van der Waals surface area (Å²) in [6, 6.07) is 42.6. The van der Waals surface area contributed by atoms with Gasteiger partial charge in [0.05, 0.1) is 27.8 Å². The van der Waals surface area contributed by atoms with Crippen molar-refractivity contribution in [2.24, 2.45) is 0 Å². The molecule has 10 rings (SSSR count). The van der Waals surface area contributed by atoms with Crippen molar-refractivity contribution in [1.29, 1.82) is 0 Å². The molecule has 0 radical (unpaired) electrons. The highest BCUT2D eigenvalue weighted by molar-refractivity contribution is 7.26. The summed E-state index contributed by atoms with van der Waals surface area (Å²) in [6.45, 7) is 9.67. The first-order valence-corrected chi connectivity index (χ1v) is 16.3. The molecule has 0 spiro atoms. The molecule has 6 heteroatoms. The summed E-state index contributed by atoms with van der Waals surface area (Å²) in [4.78, 5) is 10.5. The lowest BCUT2D eigenvalue weighted by molar-refractivity contribution is 0.538. The van der Waals surface area contributed by atoms with E-state index in [4.69, 9.17) is 0 Å². The summed E-state index contributed by atoms with van der Waals surface area (Å²) in [5, 5.41) is 2.74. The number of benzene rings is 5. The second-order valence-electron chi connectivity index (χ2n) is 13.3. The minimum Gasteiger partial charge on any atom is -0.317 e. The van der Waals surface area contributed by atoms with Gasteiger partial charge in [0.1, 0.15) is 11.3 Å². The van der Waals surface area contributed by atoms with Gasteiger partial charge in [-0.05, 0) is 91.9 Å². The molecule has 5 heterocycles. The molecule has 0 unspecified atom stereocenters. The van der Waals surface area contributed by atoms with Gasteiger partial charge in [0.2, 0.25) is 0 Å². The van der Waals surface area contributed by atoms with Gasteiger partial charge in [-0.25, -0.2) is 0 Å². The molecule has 5 aromatic carbocycles. The van der Waals surface area contributed by atoms with Gasteiger partial charge >= 0.3 is 0 Å². The smallest absolute Gasteiger partial charge is 0.254 e. The normalized spacial score (nSPS) is 17.7. The Morgan fingerprint density at radius 3 is 1.75 bits per heavy atom. The molecule has 0 saturated heterocycles. The molecule has 0 amide bonds. The van der Waals surface area contributed by atoms with Crippen molar-refractivity contribution in [3.8, 4) is 0 Å². The SMILES string of the molecule is CC1(C)N(c2ccccc2)c2cc3c4c5c2N1c1ccccc1B5c1c(sc2ccccc12)N4C(C)(C)N3c1ccccc1. The monoisotopic (exact) mass is 586 g/mol. The van der Waals surface area contributed by atoms with Crippen LogP contribution in [0.2, 0.25) is 0 Å². The van der Waals surface area contributed by atoms with Gasteiger partial charge in [-0.2, -0.15) is 0 Å². The second-order valence-corrected chi connectivity index (χ2v) is 14.4. The standard InChI is InChI=1S/C38H31BN4S/c1-37(2)40(24-15-7-5-8-16-24)29-23-30-35-33-34(29)42(37)28-21-13-12-20-27(28)39(33)32-26-19-11-14-22-31(26)44-36(32)43(35)38(3,4)41(30)25-17-9-6-10-18-25/h5-23H,1-4H3. The predicted molar refractivity (Wildman–Crippen MR) is 189 cm³/mol. The van der Waals surface area contributed by atoms with E-state index in [1.54, 1.807) is 0 Å². The minimum absolute atomic E-state index is 0.145.